The van der Waals surface area contributed by atoms with Crippen LogP contribution in [0.2, 0.25) is 0 Å². The summed E-state index contributed by atoms with van der Waals surface area (Å²) < 4.78 is 0. The first kappa shape index (κ1) is 12.5. The van der Waals surface area contributed by atoms with E-state index in [-0.39, 0.29) is 5.41 Å². The molecule has 1 aliphatic heterocycles. The summed E-state index contributed by atoms with van der Waals surface area (Å²) in [6.45, 7) is 8.10. The molecule has 2 N–H and O–H groups in total. The third-order valence-electron chi connectivity index (χ3n) is 5.18. The molecule has 0 bridgehead atoms. The van der Waals surface area contributed by atoms with Crippen LogP contribution >= 0.6 is 0 Å². The molecule has 2 atom stereocenters. The summed E-state index contributed by atoms with van der Waals surface area (Å²) in [7, 11) is 0. The number of nitrogens with one attached hydrogen (secondary N) is 2. The van der Waals surface area contributed by atoms with Crippen LogP contribution in [0.3, 0.4) is 0 Å². The smallest absolute Gasteiger partial charge is 0.0497 e. The van der Waals surface area contributed by atoms with Gasteiger partial charge in [0.05, 0.1) is 0 Å². The average Bonchev–Trinajstić information content (AvgIpc) is 2.83. The molecule has 2 heterocycles. The van der Waals surface area contributed by atoms with Crippen molar-refractivity contribution in [1.82, 2.24) is 10.3 Å². The molecular formula is C18H24N2. The van der Waals surface area contributed by atoms with Crippen molar-refractivity contribution in [3.8, 4) is 0 Å². The van der Waals surface area contributed by atoms with Gasteiger partial charge in [0.2, 0.25) is 0 Å². The van der Waals surface area contributed by atoms with Crippen molar-refractivity contribution in [2.45, 2.75) is 57.4 Å². The molecule has 0 spiro atoms. The van der Waals surface area contributed by atoms with E-state index in [9.17, 15) is 0 Å². The molecule has 4 rings (SSSR count). The van der Waals surface area contributed by atoms with Gasteiger partial charge < -0.3 is 10.3 Å². The van der Waals surface area contributed by atoms with Crippen molar-refractivity contribution in [2.24, 2.45) is 0 Å². The second-order valence-corrected chi connectivity index (χ2v) is 7.53. The zero-order chi connectivity index (χ0) is 13.9. The van der Waals surface area contributed by atoms with E-state index < -0.39 is 0 Å². The molecule has 1 saturated heterocycles. The van der Waals surface area contributed by atoms with Crippen molar-refractivity contribution >= 4 is 10.9 Å². The first-order chi connectivity index (χ1) is 9.55. The first-order valence-corrected chi connectivity index (χ1v) is 7.92. The summed E-state index contributed by atoms with van der Waals surface area (Å²) in [5, 5.41) is 5.26. The molecule has 2 aromatic rings. The van der Waals surface area contributed by atoms with Gasteiger partial charge in [-0.05, 0) is 47.9 Å². The van der Waals surface area contributed by atoms with Gasteiger partial charge in [-0.2, -0.15) is 0 Å². The topological polar surface area (TPSA) is 27.8 Å². The fraction of sp³-hybridized carbons (Fsp3) is 0.556. The van der Waals surface area contributed by atoms with Crippen LogP contribution in [0.25, 0.3) is 10.9 Å². The number of hydrogen-bond acceptors (Lipinski definition) is 1. The van der Waals surface area contributed by atoms with E-state index in [0.29, 0.717) is 12.0 Å². The summed E-state index contributed by atoms with van der Waals surface area (Å²) >= 11 is 0. The van der Waals surface area contributed by atoms with Gasteiger partial charge >= 0.3 is 0 Å². The van der Waals surface area contributed by atoms with Crippen LogP contribution in [0, 0.1) is 0 Å². The van der Waals surface area contributed by atoms with Gasteiger partial charge in [0.25, 0.3) is 0 Å². The Bertz CT molecular complexity index is 660. The molecule has 2 aliphatic rings. The lowest BCUT2D eigenvalue weighted by Crippen LogP contribution is -2.43. The number of fused-ring (bicyclic) bond motifs is 2. The van der Waals surface area contributed by atoms with Crippen LogP contribution in [0.4, 0.5) is 0 Å². The molecule has 0 amide bonds. The lowest BCUT2D eigenvalue weighted by atomic mass is 9.74. The van der Waals surface area contributed by atoms with Crippen LogP contribution in [-0.2, 0) is 11.8 Å². The molecule has 1 aromatic heterocycles. The molecular weight excluding hydrogens is 244 g/mol. The maximum atomic E-state index is 3.73. The summed E-state index contributed by atoms with van der Waals surface area (Å²) in [4.78, 5) is 3.58. The minimum atomic E-state index is 0.197. The van der Waals surface area contributed by atoms with Crippen molar-refractivity contribution in [1.29, 1.82) is 0 Å². The SMILES string of the molecule is CC(C)(C)c1ccc2c3c(c[nH]c13)C[C@H]1NCCC[C@H]21. The molecule has 1 fully saturated rings. The number of hydrogen-bond donors (Lipinski definition) is 2. The minimum Gasteiger partial charge on any atom is -0.361 e. The zero-order valence-electron chi connectivity index (χ0n) is 12.7. The number of piperidine rings is 1. The fourth-order valence-corrected chi connectivity index (χ4v) is 4.22. The Kier molecular flexibility index (Phi) is 2.56. The third-order valence-corrected chi connectivity index (χ3v) is 5.18. The van der Waals surface area contributed by atoms with E-state index in [4.69, 9.17) is 0 Å². The number of benzene rings is 1. The third kappa shape index (κ3) is 1.67. The van der Waals surface area contributed by atoms with Gasteiger partial charge in [0, 0.05) is 29.1 Å². The maximum absolute atomic E-state index is 3.73. The molecule has 0 radical (unpaired) electrons. The monoisotopic (exact) mass is 268 g/mol. The normalized spacial score (nSPS) is 25.8. The predicted octanol–water partition coefficient (Wildman–Crippen LogP) is 3.86. The standard InChI is InChI=1S/C18H24N2/c1-18(2,3)14-7-6-13-12-5-4-8-19-15(12)9-11-10-20-17(14)16(11)13/h6-7,10,12,15,19-20H,4-5,8-9H2,1-3H3/t12-,15-/m1/s1. The van der Waals surface area contributed by atoms with Crippen LogP contribution in [-0.4, -0.2) is 17.6 Å². The molecule has 20 heavy (non-hydrogen) atoms. The average molecular weight is 268 g/mol. The highest BCUT2D eigenvalue weighted by atomic mass is 14.9. The fourth-order valence-electron chi connectivity index (χ4n) is 4.22. The highest BCUT2D eigenvalue weighted by Gasteiger charge is 2.34. The minimum absolute atomic E-state index is 0.197. The summed E-state index contributed by atoms with van der Waals surface area (Å²) in [6, 6.07) is 5.41. The summed E-state index contributed by atoms with van der Waals surface area (Å²) in [6.07, 6.45) is 6.08. The Morgan fingerprint density at radius 3 is 2.85 bits per heavy atom. The van der Waals surface area contributed by atoms with Crippen molar-refractivity contribution in [3.05, 3.63) is 35.0 Å². The van der Waals surface area contributed by atoms with E-state index in [0.717, 1.165) is 0 Å². The Balaban J connectivity index is 1.95. The van der Waals surface area contributed by atoms with Gasteiger partial charge in [-0.3, -0.25) is 0 Å². The highest BCUT2D eigenvalue weighted by molar-refractivity contribution is 5.91. The molecule has 1 aliphatic carbocycles. The second kappa shape index (κ2) is 4.11. The van der Waals surface area contributed by atoms with E-state index in [2.05, 4.69) is 49.4 Å². The van der Waals surface area contributed by atoms with Crippen molar-refractivity contribution < 1.29 is 0 Å². The van der Waals surface area contributed by atoms with Gasteiger partial charge in [-0.25, -0.2) is 0 Å². The maximum Gasteiger partial charge on any atom is 0.0497 e. The zero-order valence-corrected chi connectivity index (χ0v) is 12.7. The molecule has 2 nitrogen and oxygen atoms in total. The summed E-state index contributed by atoms with van der Waals surface area (Å²) in [5.41, 5.74) is 6.12. The van der Waals surface area contributed by atoms with Crippen molar-refractivity contribution in [3.63, 3.8) is 0 Å². The number of rotatable bonds is 0. The van der Waals surface area contributed by atoms with Gasteiger partial charge in [-0.1, -0.05) is 32.9 Å². The Hall–Kier alpha value is -1.28. The highest BCUT2D eigenvalue weighted by Crippen LogP contribution is 2.43. The van der Waals surface area contributed by atoms with Crippen LogP contribution in [0.15, 0.2) is 18.3 Å². The molecule has 0 unspecified atom stereocenters. The second-order valence-electron chi connectivity index (χ2n) is 7.53. The molecule has 0 saturated carbocycles. The van der Waals surface area contributed by atoms with Crippen LogP contribution in [0.1, 0.15) is 56.2 Å². The molecule has 2 heteroatoms. The van der Waals surface area contributed by atoms with Crippen molar-refractivity contribution in [2.75, 3.05) is 6.54 Å². The first-order valence-electron chi connectivity index (χ1n) is 7.92. The van der Waals surface area contributed by atoms with Gasteiger partial charge in [0.15, 0.2) is 0 Å². The largest absolute Gasteiger partial charge is 0.361 e. The van der Waals surface area contributed by atoms with Crippen LogP contribution in [0.5, 0.6) is 0 Å². The quantitative estimate of drug-likeness (QED) is 0.746. The molecule has 106 valence electrons. The van der Waals surface area contributed by atoms with Gasteiger partial charge in [0.1, 0.15) is 0 Å². The lowest BCUT2D eigenvalue weighted by Gasteiger charge is -2.37. The summed E-state index contributed by atoms with van der Waals surface area (Å²) in [5.74, 6) is 0.712. The lowest BCUT2D eigenvalue weighted by molar-refractivity contribution is 0.345. The Labute approximate surface area is 121 Å². The Morgan fingerprint density at radius 2 is 2.05 bits per heavy atom. The van der Waals surface area contributed by atoms with E-state index in [1.165, 1.54) is 47.8 Å². The van der Waals surface area contributed by atoms with Crippen LogP contribution < -0.4 is 5.32 Å². The van der Waals surface area contributed by atoms with E-state index in [1.54, 1.807) is 5.56 Å². The predicted molar refractivity (Wildman–Crippen MR) is 84.5 cm³/mol. The van der Waals surface area contributed by atoms with E-state index >= 15 is 0 Å². The molecule has 1 aromatic carbocycles. The Morgan fingerprint density at radius 1 is 1.20 bits per heavy atom. The number of aromatic amines is 1. The number of H-pyrrole nitrogens is 1. The van der Waals surface area contributed by atoms with E-state index in [1.807, 2.05) is 0 Å². The van der Waals surface area contributed by atoms with Gasteiger partial charge in [-0.15, -0.1) is 0 Å². The number of aromatic nitrogens is 1.